The standard InChI is InChI=1S/C10H9N3O3/c14-5-11-9-7-3-1-2-4-8(7)13(10(9)16)12-6-15/h1-6,9H,(H,11,14)(H,12,15). The molecular formula is C10H9N3O3. The molecule has 1 aliphatic rings. The van der Waals surface area contributed by atoms with Crippen molar-refractivity contribution in [3.63, 3.8) is 0 Å². The zero-order valence-corrected chi connectivity index (χ0v) is 8.21. The van der Waals surface area contributed by atoms with Crippen LogP contribution < -0.4 is 15.8 Å². The maximum atomic E-state index is 11.8. The predicted octanol–water partition coefficient (Wildman–Crippen LogP) is -0.519. The van der Waals surface area contributed by atoms with Crippen molar-refractivity contribution in [3.8, 4) is 0 Å². The van der Waals surface area contributed by atoms with Crippen LogP contribution in [0.5, 0.6) is 0 Å². The van der Waals surface area contributed by atoms with Crippen LogP contribution in [0.3, 0.4) is 0 Å². The lowest BCUT2D eigenvalue weighted by Gasteiger charge is -2.14. The quantitative estimate of drug-likeness (QED) is 0.669. The normalized spacial score (nSPS) is 17.9. The molecule has 2 rings (SSSR count). The van der Waals surface area contributed by atoms with Gasteiger partial charge in [0.2, 0.25) is 12.8 Å². The van der Waals surface area contributed by atoms with Crippen LogP contribution in [0.2, 0.25) is 0 Å². The maximum Gasteiger partial charge on any atom is 0.272 e. The monoisotopic (exact) mass is 219 g/mol. The highest BCUT2D eigenvalue weighted by Gasteiger charge is 2.36. The second-order valence-electron chi connectivity index (χ2n) is 3.20. The summed E-state index contributed by atoms with van der Waals surface area (Å²) in [7, 11) is 0. The van der Waals surface area contributed by atoms with Crippen molar-refractivity contribution in [1.29, 1.82) is 0 Å². The van der Waals surface area contributed by atoms with Crippen LogP contribution in [-0.4, -0.2) is 18.7 Å². The molecule has 0 saturated heterocycles. The number of nitrogens with zero attached hydrogens (tertiary/aromatic N) is 1. The molecule has 0 aromatic heterocycles. The first kappa shape index (κ1) is 10.2. The maximum absolute atomic E-state index is 11.8. The summed E-state index contributed by atoms with van der Waals surface area (Å²) < 4.78 is 0. The van der Waals surface area contributed by atoms with Crippen molar-refractivity contribution in [2.75, 3.05) is 5.01 Å². The van der Waals surface area contributed by atoms with Crippen LogP contribution in [0.4, 0.5) is 5.69 Å². The largest absolute Gasteiger partial charge is 0.343 e. The Bertz CT molecular complexity index is 408. The smallest absolute Gasteiger partial charge is 0.272 e. The van der Waals surface area contributed by atoms with E-state index < -0.39 is 6.04 Å². The Kier molecular flexibility index (Phi) is 2.55. The molecule has 1 unspecified atom stereocenters. The van der Waals surface area contributed by atoms with Crippen LogP contribution >= 0.6 is 0 Å². The summed E-state index contributed by atoms with van der Waals surface area (Å²) in [6.45, 7) is 0. The molecule has 82 valence electrons. The van der Waals surface area contributed by atoms with Gasteiger partial charge in [-0.05, 0) is 6.07 Å². The molecule has 0 spiro atoms. The van der Waals surface area contributed by atoms with Crippen molar-refractivity contribution in [2.24, 2.45) is 0 Å². The van der Waals surface area contributed by atoms with E-state index in [2.05, 4.69) is 10.7 Å². The van der Waals surface area contributed by atoms with E-state index >= 15 is 0 Å². The lowest BCUT2D eigenvalue weighted by atomic mass is 10.1. The Morgan fingerprint density at radius 1 is 1.19 bits per heavy atom. The van der Waals surface area contributed by atoms with Crippen molar-refractivity contribution in [3.05, 3.63) is 29.8 Å². The zero-order valence-electron chi connectivity index (χ0n) is 8.21. The molecule has 0 fully saturated rings. The number of para-hydroxylation sites is 1. The number of rotatable bonds is 4. The van der Waals surface area contributed by atoms with E-state index in [0.717, 1.165) is 5.01 Å². The third kappa shape index (κ3) is 1.40. The van der Waals surface area contributed by atoms with Gasteiger partial charge in [0.15, 0.2) is 0 Å². The van der Waals surface area contributed by atoms with Crippen molar-refractivity contribution in [2.45, 2.75) is 6.04 Å². The Morgan fingerprint density at radius 3 is 2.62 bits per heavy atom. The molecule has 1 aromatic rings. The average molecular weight is 219 g/mol. The summed E-state index contributed by atoms with van der Waals surface area (Å²) in [5.41, 5.74) is 3.52. The van der Waals surface area contributed by atoms with Crippen molar-refractivity contribution in [1.82, 2.24) is 10.7 Å². The van der Waals surface area contributed by atoms with Crippen molar-refractivity contribution >= 4 is 24.4 Å². The molecule has 0 radical (unpaired) electrons. The molecule has 1 heterocycles. The second-order valence-corrected chi connectivity index (χ2v) is 3.20. The van der Waals surface area contributed by atoms with E-state index in [9.17, 15) is 14.4 Å². The van der Waals surface area contributed by atoms with Crippen LogP contribution in [0, 0.1) is 0 Å². The van der Waals surface area contributed by atoms with E-state index in [0.29, 0.717) is 24.1 Å². The Labute approximate surface area is 91.2 Å². The second kappa shape index (κ2) is 4.01. The SMILES string of the molecule is O=CNC1C(=O)N(NC=O)c2ccccc21. The van der Waals surface area contributed by atoms with Gasteiger partial charge < -0.3 is 5.32 Å². The van der Waals surface area contributed by atoms with Crippen LogP contribution in [0.1, 0.15) is 11.6 Å². The summed E-state index contributed by atoms with van der Waals surface area (Å²) in [4.78, 5) is 32.6. The fourth-order valence-corrected chi connectivity index (χ4v) is 1.73. The number of fused-ring (bicyclic) bond motifs is 1. The minimum Gasteiger partial charge on any atom is -0.343 e. The third-order valence-corrected chi connectivity index (χ3v) is 2.37. The van der Waals surface area contributed by atoms with Gasteiger partial charge in [-0.1, -0.05) is 18.2 Å². The van der Waals surface area contributed by atoms with Gasteiger partial charge in [0.05, 0.1) is 5.69 Å². The molecule has 0 aliphatic carbocycles. The number of carbonyl (C=O) groups excluding carboxylic acids is 3. The molecule has 0 saturated carbocycles. The number of nitrogens with one attached hydrogen (secondary N) is 2. The minimum absolute atomic E-state index is 0.389. The molecule has 0 bridgehead atoms. The molecule has 6 heteroatoms. The van der Waals surface area contributed by atoms with Gasteiger partial charge in [0, 0.05) is 5.56 Å². The van der Waals surface area contributed by atoms with Gasteiger partial charge >= 0.3 is 0 Å². The van der Waals surface area contributed by atoms with Crippen LogP contribution in [0.15, 0.2) is 24.3 Å². The first-order chi connectivity index (χ1) is 7.79. The Morgan fingerprint density at radius 2 is 1.94 bits per heavy atom. The number of benzene rings is 1. The highest BCUT2D eigenvalue weighted by molar-refractivity contribution is 6.05. The first-order valence-electron chi connectivity index (χ1n) is 4.62. The zero-order chi connectivity index (χ0) is 11.5. The van der Waals surface area contributed by atoms with Gasteiger partial charge in [-0.3, -0.25) is 19.8 Å². The lowest BCUT2D eigenvalue weighted by Crippen LogP contribution is -2.42. The van der Waals surface area contributed by atoms with Gasteiger partial charge in [-0.25, -0.2) is 5.01 Å². The van der Waals surface area contributed by atoms with E-state index in [1.54, 1.807) is 24.3 Å². The fourth-order valence-electron chi connectivity index (χ4n) is 1.73. The van der Waals surface area contributed by atoms with Gasteiger partial charge in [0.1, 0.15) is 6.04 Å². The lowest BCUT2D eigenvalue weighted by molar-refractivity contribution is -0.124. The number of hydrogen-bond donors (Lipinski definition) is 2. The molecule has 1 atom stereocenters. The van der Waals surface area contributed by atoms with Gasteiger partial charge in [-0.2, -0.15) is 0 Å². The predicted molar refractivity (Wildman–Crippen MR) is 55.1 cm³/mol. The fraction of sp³-hybridized carbons (Fsp3) is 0.100. The van der Waals surface area contributed by atoms with Gasteiger partial charge in [0.25, 0.3) is 5.91 Å². The minimum atomic E-state index is -0.735. The van der Waals surface area contributed by atoms with E-state index in [-0.39, 0.29) is 5.91 Å². The number of anilines is 1. The van der Waals surface area contributed by atoms with Gasteiger partial charge in [-0.15, -0.1) is 0 Å². The van der Waals surface area contributed by atoms with E-state index in [1.807, 2.05) is 0 Å². The highest BCUT2D eigenvalue weighted by Crippen LogP contribution is 2.33. The molecule has 1 aliphatic heterocycles. The number of hydrogen-bond acceptors (Lipinski definition) is 3. The summed E-state index contributed by atoms with van der Waals surface area (Å²) >= 11 is 0. The molecule has 16 heavy (non-hydrogen) atoms. The number of hydrazine groups is 1. The van der Waals surface area contributed by atoms with Crippen LogP contribution in [-0.2, 0) is 14.4 Å². The highest BCUT2D eigenvalue weighted by atomic mass is 16.2. The Balaban J connectivity index is 2.43. The molecule has 2 N–H and O–H groups in total. The molecular weight excluding hydrogens is 210 g/mol. The summed E-state index contributed by atoms with van der Waals surface area (Å²) in [6, 6.07) is 6.18. The Hall–Kier alpha value is -2.37. The topological polar surface area (TPSA) is 78.5 Å². The molecule has 6 nitrogen and oxygen atoms in total. The molecule has 1 aromatic carbocycles. The van der Waals surface area contributed by atoms with E-state index in [4.69, 9.17) is 0 Å². The number of amides is 3. The summed E-state index contributed by atoms with van der Waals surface area (Å²) in [6.07, 6.45) is 0.877. The summed E-state index contributed by atoms with van der Waals surface area (Å²) in [5.74, 6) is -0.389. The van der Waals surface area contributed by atoms with E-state index in [1.165, 1.54) is 0 Å². The van der Waals surface area contributed by atoms with Crippen molar-refractivity contribution < 1.29 is 14.4 Å². The summed E-state index contributed by atoms with van der Waals surface area (Å²) in [5, 5.41) is 3.53. The first-order valence-corrected chi connectivity index (χ1v) is 4.62. The number of carbonyl (C=O) groups is 3. The average Bonchev–Trinajstić information content (AvgIpc) is 2.56. The molecule has 3 amide bonds. The third-order valence-electron chi connectivity index (χ3n) is 2.37. The van der Waals surface area contributed by atoms with Crippen LogP contribution in [0.25, 0.3) is 0 Å².